The van der Waals surface area contributed by atoms with Gasteiger partial charge < -0.3 is 15.7 Å². The van der Waals surface area contributed by atoms with E-state index in [1.54, 1.807) is 12.1 Å². The first-order chi connectivity index (χ1) is 8.02. The Morgan fingerprint density at radius 2 is 2.29 bits per heavy atom. The number of rotatable bonds is 1. The van der Waals surface area contributed by atoms with E-state index in [2.05, 4.69) is 4.90 Å². The Morgan fingerprint density at radius 3 is 2.88 bits per heavy atom. The van der Waals surface area contributed by atoms with Crippen molar-refractivity contribution in [3.63, 3.8) is 0 Å². The summed E-state index contributed by atoms with van der Waals surface area (Å²) in [6.45, 7) is 3.38. The highest BCUT2D eigenvalue weighted by atomic mass is 16.3. The first kappa shape index (κ1) is 11.7. The normalized spacial score (nSPS) is 24.4. The second kappa shape index (κ2) is 4.27. The lowest BCUT2D eigenvalue weighted by molar-refractivity contribution is 0.0449. The lowest BCUT2D eigenvalue weighted by atomic mass is 9.94. The van der Waals surface area contributed by atoms with Gasteiger partial charge in [-0.15, -0.1) is 0 Å². The Morgan fingerprint density at radius 1 is 1.53 bits per heavy atom. The summed E-state index contributed by atoms with van der Waals surface area (Å²) in [7, 11) is 0. The van der Waals surface area contributed by atoms with Gasteiger partial charge >= 0.3 is 0 Å². The monoisotopic (exact) mass is 231 g/mol. The van der Waals surface area contributed by atoms with E-state index in [9.17, 15) is 5.11 Å². The molecule has 1 heterocycles. The number of nitrogens with zero attached hydrogens (tertiary/aromatic N) is 2. The SMILES string of the molecule is CC1(O)CCCN(c2ccc(C#N)c(N)c2)C1. The Kier molecular flexibility index (Phi) is 2.95. The first-order valence-electron chi connectivity index (χ1n) is 5.79. The van der Waals surface area contributed by atoms with Crippen LogP contribution in [0, 0.1) is 11.3 Å². The predicted molar refractivity (Wildman–Crippen MR) is 67.6 cm³/mol. The van der Waals surface area contributed by atoms with Crippen LogP contribution < -0.4 is 10.6 Å². The Bertz CT molecular complexity index is 462. The van der Waals surface area contributed by atoms with Crippen molar-refractivity contribution in [1.82, 2.24) is 0 Å². The first-order valence-corrected chi connectivity index (χ1v) is 5.79. The molecule has 0 bridgehead atoms. The predicted octanol–water partition coefficient (Wildman–Crippen LogP) is 1.49. The van der Waals surface area contributed by atoms with Crippen molar-refractivity contribution in [2.45, 2.75) is 25.4 Å². The second-order valence-electron chi connectivity index (χ2n) is 4.91. The summed E-state index contributed by atoms with van der Waals surface area (Å²) in [4.78, 5) is 2.11. The van der Waals surface area contributed by atoms with E-state index in [0.717, 1.165) is 25.1 Å². The number of nitriles is 1. The van der Waals surface area contributed by atoms with Crippen molar-refractivity contribution < 1.29 is 5.11 Å². The smallest absolute Gasteiger partial charge is 0.101 e. The summed E-state index contributed by atoms with van der Waals surface area (Å²) in [5.41, 5.74) is 7.12. The lowest BCUT2D eigenvalue weighted by Gasteiger charge is -2.38. The van der Waals surface area contributed by atoms with Crippen molar-refractivity contribution in [2.24, 2.45) is 0 Å². The molecule has 3 N–H and O–H groups in total. The van der Waals surface area contributed by atoms with Gasteiger partial charge in [-0.25, -0.2) is 0 Å². The number of hydrogen-bond donors (Lipinski definition) is 2. The number of anilines is 2. The van der Waals surface area contributed by atoms with Crippen LogP contribution in [0.2, 0.25) is 0 Å². The van der Waals surface area contributed by atoms with Crippen LogP contribution in [0.25, 0.3) is 0 Å². The minimum absolute atomic E-state index is 0.496. The third-order valence-corrected chi connectivity index (χ3v) is 3.20. The fourth-order valence-corrected chi connectivity index (χ4v) is 2.29. The Balaban J connectivity index is 2.23. The molecule has 1 aromatic rings. The molecule has 0 amide bonds. The van der Waals surface area contributed by atoms with E-state index in [1.165, 1.54) is 0 Å². The maximum Gasteiger partial charge on any atom is 0.101 e. The van der Waals surface area contributed by atoms with Crippen molar-refractivity contribution in [2.75, 3.05) is 23.7 Å². The number of nitrogens with two attached hydrogens (primary N) is 1. The molecule has 1 fully saturated rings. The molecule has 1 unspecified atom stereocenters. The van der Waals surface area contributed by atoms with Gasteiger partial charge in [0.15, 0.2) is 0 Å². The fraction of sp³-hybridized carbons (Fsp3) is 0.462. The molecule has 0 aliphatic carbocycles. The summed E-state index contributed by atoms with van der Waals surface area (Å²) in [6.07, 6.45) is 1.79. The molecule has 4 nitrogen and oxygen atoms in total. The zero-order valence-electron chi connectivity index (χ0n) is 9.98. The van der Waals surface area contributed by atoms with Crippen LogP contribution >= 0.6 is 0 Å². The van der Waals surface area contributed by atoms with Gasteiger partial charge in [0, 0.05) is 18.8 Å². The molecule has 17 heavy (non-hydrogen) atoms. The highest BCUT2D eigenvalue weighted by Crippen LogP contribution is 2.27. The highest BCUT2D eigenvalue weighted by molar-refractivity contribution is 5.63. The van der Waals surface area contributed by atoms with E-state index in [4.69, 9.17) is 11.0 Å². The van der Waals surface area contributed by atoms with Crippen molar-refractivity contribution in [1.29, 1.82) is 5.26 Å². The van der Waals surface area contributed by atoms with Crippen molar-refractivity contribution >= 4 is 11.4 Å². The van der Waals surface area contributed by atoms with E-state index < -0.39 is 5.60 Å². The molecule has 4 heteroatoms. The second-order valence-corrected chi connectivity index (χ2v) is 4.91. The molecule has 1 atom stereocenters. The van der Waals surface area contributed by atoms with Crippen molar-refractivity contribution in [3.8, 4) is 6.07 Å². The number of nitrogen functional groups attached to an aromatic ring is 1. The molecule has 1 saturated heterocycles. The summed E-state index contributed by atoms with van der Waals surface area (Å²) in [6, 6.07) is 7.47. The van der Waals surface area contributed by atoms with Crippen LogP contribution in [0.1, 0.15) is 25.3 Å². The zero-order chi connectivity index (χ0) is 12.5. The largest absolute Gasteiger partial charge is 0.398 e. The quantitative estimate of drug-likeness (QED) is 0.718. The minimum Gasteiger partial charge on any atom is -0.398 e. The molecule has 1 aromatic carbocycles. The van der Waals surface area contributed by atoms with Gasteiger partial charge in [-0.3, -0.25) is 0 Å². The maximum absolute atomic E-state index is 10.1. The summed E-state index contributed by atoms with van der Waals surface area (Å²) < 4.78 is 0. The molecule has 0 saturated carbocycles. The number of hydrogen-bond acceptors (Lipinski definition) is 4. The molecule has 0 radical (unpaired) electrons. The average molecular weight is 231 g/mol. The minimum atomic E-state index is -0.638. The molecule has 0 spiro atoms. The number of aliphatic hydroxyl groups is 1. The lowest BCUT2D eigenvalue weighted by Crippen LogP contribution is -2.46. The van der Waals surface area contributed by atoms with E-state index >= 15 is 0 Å². The topological polar surface area (TPSA) is 73.3 Å². The fourth-order valence-electron chi connectivity index (χ4n) is 2.29. The maximum atomic E-state index is 10.1. The highest BCUT2D eigenvalue weighted by Gasteiger charge is 2.28. The third-order valence-electron chi connectivity index (χ3n) is 3.20. The molecular formula is C13H17N3O. The summed E-state index contributed by atoms with van der Waals surface area (Å²) in [5.74, 6) is 0. The Labute approximate surface area is 101 Å². The van der Waals surface area contributed by atoms with E-state index in [-0.39, 0.29) is 0 Å². The van der Waals surface area contributed by atoms with Gasteiger partial charge in [0.25, 0.3) is 0 Å². The number of β-amino-alcohol motifs (C(OH)–C–C–N with tert-alkyl or cyclic N) is 1. The summed E-state index contributed by atoms with van der Waals surface area (Å²) >= 11 is 0. The average Bonchev–Trinajstić information content (AvgIpc) is 2.27. The standard InChI is InChI=1S/C13H17N3O/c1-13(17)5-2-6-16(9-13)11-4-3-10(8-14)12(15)7-11/h3-4,7,17H,2,5-6,9,15H2,1H3. The van der Waals surface area contributed by atoms with Crippen LogP contribution in [0.4, 0.5) is 11.4 Å². The number of piperidine rings is 1. The van der Waals surface area contributed by atoms with Crippen LogP contribution in [0.15, 0.2) is 18.2 Å². The van der Waals surface area contributed by atoms with Crippen LogP contribution in [0.3, 0.4) is 0 Å². The molecule has 1 aliphatic heterocycles. The van der Waals surface area contributed by atoms with Crippen LogP contribution in [0.5, 0.6) is 0 Å². The molecule has 90 valence electrons. The third kappa shape index (κ3) is 2.51. The molecule has 2 rings (SSSR count). The zero-order valence-corrected chi connectivity index (χ0v) is 9.98. The van der Waals surface area contributed by atoms with Crippen molar-refractivity contribution in [3.05, 3.63) is 23.8 Å². The van der Waals surface area contributed by atoms with Gasteiger partial charge in [-0.1, -0.05) is 0 Å². The van der Waals surface area contributed by atoms with Crippen LogP contribution in [-0.4, -0.2) is 23.8 Å². The van der Waals surface area contributed by atoms with E-state index in [0.29, 0.717) is 17.8 Å². The molecular weight excluding hydrogens is 214 g/mol. The van der Waals surface area contributed by atoms with Gasteiger partial charge in [0.05, 0.1) is 16.9 Å². The van der Waals surface area contributed by atoms with Gasteiger partial charge in [-0.05, 0) is 38.0 Å². The van der Waals surface area contributed by atoms with Gasteiger partial charge in [0.2, 0.25) is 0 Å². The van der Waals surface area contributed by atoms with E-state index in [1.807, 2.05) is 19.1 Å². The molecule has 0 aromatic heterocycles. The van der Waals surface area contributed by atoms with Gasteiger partial charge in [-0.2, -0.15) is 5.26 Å². The molecule has 1 aliphatic rings. The van der Waals surface area contributed by atoms with Gasteiger partial charge in [0.1, 0.15) is 6.07 Å². The summed E-state index contributed by atoms with van der Waals surface area (Å²) in [5, 5.41) is 18.9. The van der Waals surface area contributed by atoms with Crippen LogP contribution in [-0.2, 0) is 0 Å². The number of benzene rings is 1. The Hall–Kier alpha value is -1.73.